The van der Waals surface area contributed by atoms with Crippen LogP contribution in [0.5, 0.6) is 0 Å². The summed E-state index contributed by atoms with van der Waals surface area (Å²) in [5, 5.41) is 6.77. The zero-order chi connectivity index (χ0) is 18.9. The molecule has 0 radical (unpaired) electrons. The van der Waals surface area contributed by atoms with Gasteiger partial charge in [-0.1, -0.05) is 20.8 Å². The fraction of sp³-hybridized carbons (Fsp3) is 0.900. The second kappa shape index (κ2) is 12.8. The molecular weight excluding hydrogens is 453 g/mol. The van der Waals surface area contributed by atoms with Crippen molar-refractivity contribution in [2.75, 3.05) is 45.8 Å². The topological polar surface area (TPSA) is 60.0 Å². The van der Waals surface area contributed by atoms with Gasteiger partial charge in [-0.2, -0.15) is 0 Å². The Balaban J connectivity index is 0.00000364. The maximum Gasteiger partial charge on any atom is 0.244 e. The Morgan fingerprint density at radius 3 is 2.30 bits per heavy atom. The van der Waals surface area contributed by atoms with Crippen LogP contribution in [0, 0.1) is 11.8 Å². The van der Waals surface area contributed by atoms with Crippen LogP contribution in [0.2, 0.25) is 0 Å². The predicted molar refractivity (Wildman–Crippen MR) is 124 cm³/mol. The summed E-state index contributed by atoms with van der Waals surface area (Å²) in [6.07, 6.45) is 4.83. The molecule has 2 N–H and O–H groups in total. The summed E-state index contributed by atoms with van der Waals surface area (Å²) in [7, 11) is 0. The molecule has 0 aromatic heterocycles. The van der Waals surface area contributed by atoms with Crippen molar-refractivity contribution in [3.05, 3.63) is 0 Å². The van der Waals surface area contributed by atoms with Crippen molar-refractivity contribution in [2.45, 2.75) is 59.4 Å². The molecule has 2 aliphatic heterocycles. The van der Waals surface area contributed by atoms with Crippen molar-refractivity contribution < 1.29 is 4.79 Å². The van der Waals surface area contributed by atoms with Gasteiger partial charge in [0.2, 0.25) is 5.91 Å². The minimum atomic E-state index is 0. The number of hydrogen-bond acceptors (Lipinski definition) is 3. The molecule has 6 nitrogen and oxygen atoms in total. The fourth-order valence-electron chi connectivity index (χ4n) is 3.90. The molecule has 0 aromatic carbocycles. The van der Waals surface area contributed by atoms with Crippen LogP contribution in [0.15, 0.2) is 4.99 Å². The molecule has 2 fully saturated rings. The Bertz CT molecular complexity index is 457. The third kappa shape index (κ3) is 8.13. The lowest BCUT2D eigenvalue weighted by atomic mass is 9.94. The SMILES string of the molecule is CCNC(=NCC(=O)N1CCCC1)NCC(C(C)C)N1CCC(C)CC1.I. The number of hydrogen-bond donors (Lipinski definition) is 2. The van der Waals surface area contributed by atoms with Gasteiger partial charge in [0.15, 0.2) is 5.96 Å². The fourth-order valence-corrected chi connectivity index (χ4v) is 3.90. The van der Waals surface area contributed by atoms with Crippen LogP contribution < -0.4 is 10.6 Å². The van der Waals surface area contributed by atoms with Crippen molar-refractivity contribution in [1.29, 1.82) is 0 Å². The highest BCUT2D eigenvalue weighted by atomic mass is 127. The number of carbonyl (C=O) groups is 1. The van der Waals surface area contributed by atoms with E-state index in [0.29, 0.717) is 12.0 Å². The zero-order valence-electron chi connectivity index (χ0n) is 17.7. The van der Waals surface area contributed by atoms with Gasteiger partial charge >= 0.3 is 0 Å². The number of amides is 1. The second-order valence-corrected chi connectivity index (χ2v) is 8.19. The summed E-state index contributed by atoms with van der Waals surface area (Å²) in [6.45, 7) is 15.1. The van der Waals surface area contributed by atoms with Crippen LogP contribution in [0.25, 0.3) is 0 Å². The van der Waals surface area contributed by atoms with Crippen LogP contribution in [0.3, 0.4) is 0 Å². The van der Waals surface area contributed by atoms with Gasteiger partial charge in [0.1, 0.15) is 6.54 Å². The normalized spacial score (nSPS) is 20.5. The molecule has 1 atom stereocenters. The first kappa shape index (κ1) is 24.5. The van der Waals surface area contributed by atoms with E-state index in [0.717, 1.165) is 50.9 Å². The highest BCUT2D eigenvalue weighted by Gasteiger charge is 2.25. The van der Waals surface area contributed by atoms with E-state index < -0.39 is 0 Å². The number of carbonyl (C=O) groups excluding carboxylic acids is 1. The lowest BCUT2D eigenvalue weighted by molar-refractivity contribution is -0.128. The van der Waals surface area contributed by atoms with Gasteiger partial charge in [0.05, 0.1) is 0 Å². The standard InChI is InChI=1S/C20H39N5O.HI/c1-5-21-20(23-15-19(26)25-10-6-7-11-25)22-14-18(16(2)3)24-12-8-17(4)9-13-24;/h16-18H,5-15H2,1-4H3,(H2,21,22,23);1H. The number of rotatable bonds is 7. The molecule has 1 unspecified atom stereocenters. The minimum absolute atomic E-state index is 0. The number of nitrogens with one attached hydrogen (secondary N) is 2. The summed E-state index contributed by atoms with van der Waals surface area (Å²) in [5.74, 6) is 2.34. The number of guanidine groups is 1. The van der Waals surface area contributed by atoms with E-state index >= 15 is 0 Å². The third-order valence-electron chi connectivity index (χ3n) is 5.71. The summed E-state index contributed by atoms with van der Waals surface area (Å²) >= 11 is 0. The number of nitrogens with zero attached hydrogens (tertiary/aromatic N) is 3. The number of aliphatic imine (C=N–C) groups is 1. The van der Waals surface area contributed by atoms with Crippen LogP contribution in [-0.2, 0) is 4.79 Å². The maximum atomic E-state index is 12.2. The molecule has 2 aliphatic rings. The third-order valence-corrected chi connectivity index (χ3v) is 5.71. The van der Waals surface area contributed by atoms with Gasteiger partial charge in [-0.25, -0.2) is 4.99 Å². The van der Waals surface area contributed by atoms with Crippen LogP contribution in [-0.4, -0.2) is 73.5 Å². The lowest BCUT2D eigenvalue weighted by Gasteiger charge is -2.39. The Morgan fingerprint density at radius 1 is 1.11 bits per heavy atom. The molecule has 0 aromatic rings. The van der Waals surface area contributed by atoms with Crippen LogP contribution in [0.1, 0.15) is 53.4 Å². The van der Waals surface area contributed by atoms with Crippen molar-refractivity contribution in [3.8, 4) is 0 Å². The van der Waals surface area contributed by atoms with Gasteiger partial charge in [-0.3, -0.25) is 9.69 Å². The van der Waals surface area contributed by atoms with Crippen molar-refractivity contribution >= 4 is 35.8 Å². The van der Waals surface area contributed by atoms with E-state index in [9.17, 15) is 4.79 Å². The van der Waals surface area contributed by atoms with E-state index in [-0.39, 0.29) is 36.4 Å². The molecule has 0 spiro atoms. The van der Waals surface area contributed by atoms with E-state index in [2.05, 4.69) is 48.2 Å². The first-order valence-electron chi connectivity index (χ1n) is 10.5. The van der Waals surface area contributed by atoms with Crippen LogP contribution >= 0.6 is 24.0 Å². The molecule has 2 heterocycles. The first-order valence-corrected chi connectivity index (χ1v) is 10.5. The van der Waals surface area contributed by atoms with Crippen molar-refractivity contribution in [3.63, 3.8) is 0 Å². The molecule has 7 heteroatoms. The van der Waals surface area contributed by atoms with Gasteiger partial charge < -0.3 is 15.5 Å². The van der Waals surface area contributed by atoms with Crippen molar-refractivity contribution in [1.82, 2.24) is 20.4 Å². The Labute approximate surface area is 182 Å². The van der Waals surface area contributed by atoms with Gasteiger partial charge in [0, 0.05) is 32.2 Å². The first-order chi connectivity index (χ1) is 12.5. The highest BCUT2D eigenvalue weighted by Crippen LogP contribution is 2.21. The average Bonchev–Trinajstić information content (AvgIpc) is 3.15. The molecule has 0 bridgehead atoms. The van der Waals surface area contributed by atoms with E-state index in [1.807, 2.05) is 4.90 Å². The highest BCUT2D eigenvalue weighted by molar-refractivity contribution is 14.0. The molecule has 0 aliphatic carbocycles. The largest absolute Gasteiger partial charge is 0.357 e. The Hall–Kier alpha value is -0.570. The molecule has 27 heavy (non-hydrogen) atoms. The minimum Gasteiger partial charge on any atom is -0.357 e. The second-order valence-electron chi connectivity index (χ2n) is 8.19. The number of halogens is 1. The molecule has 2 rings (SSSR count). The quantitative estimate of drug-likeness (QED) is 0.325. The Morgan fingerprint density at radius 2 is 1.74 bits per heavy atom. The molecular formula is C20H40IN5O. The monoisotopic (exact) mass is 493 g/mol. The maximum absolute atomic E-state index is 12.2. The lowest BCUT2D eigenvalue weighted by Crippen LogP contribution is -2.51. The molecule has 2 saturated heterocycles. The summed E-state index contributed by atoms with van der Waals surface area (Å²) in [6, 6.07) is 0.501. The van der Waals surface area contributed by atoms with Crippen molar-refractivity contribution in [2.24, 2.45) is 16.8 Å². The Kier molecular flexibility index (Phi) is 11.6. The average molecular weight is 493 g/mol. The number of piperidine rings is 1. The zero-order valence-corrected chi connectivity index (χ0v) is 20.0. The predicted octanol–water partition coefficient (Wildman–Crippen LogP) is 2.54. The van der Waals surface area contributed by atoms with E-state index in [1.54, 1.807) is 0 Å². The molecule has 158 valence electrons. The van der Waals surface area contributed by atoms with Gasteiger partial charge in [-0.05, 0) is 57.5 Å². The summed E-state index contributed by atoms with van der Waals surface area (Å²) < 4.78 is 0. The molecule has 1 amide bonds. The summed E-state index contributed by atoms with van der Waals surface area (Å²) in [5.41, 5.74) is 0. The smallest absolute Gasteiger partial charge is 0.244 e. The van der Waals surface area contributed by atoms with E-state index in [1.165, 1.54) is 25.9 Å². The number of likely N-dealkylation sites (tertiary alicyclic amines) is 2. The van der Waals surface area contributed by atoms with Gasteiger partial charge in [0.25, 0.3) is 0 Å². The summed E-state index contributed by atoms with van der Waals surface area (Å²) in [4.78, 5) is 21.3. The molecule has 0 saturated carbocycles. The van der Waals surface area contributed by atoms with Crippen LogP contribution in [0.4, 0.5) is 0 Å². The van der Waals surface area contributed by atoms with E-state index in [4.69, 9.17) is 0 Å². The van der Waals surface area contributed by atoms with Gasteiger partial charge in [-0.15, -0.1) is 24.0 Å².